The highest BCUT2D eigenvalue weighted by atomic mass is 16.5. The molecule has 1 aliphatic heterocycles. The fraction of sp³-hybridized carbons (Fsp3) is 0.227. The van der Waals surface area contributed by atoms with Crippen molar-refractivity contribution < 1.29 is 18.7 Å². The van der Waals surface area contributed by atoms with E-state index in [-0.39, 0.29) is 18.4 Å². The van der Waals surface area contributed by atoms with Crippen LogP contribution in [0.5, 0.6) is 5.75 Å². The summed E-state index contributed by atoms with van der Waals surface area (Å²) >= 11 is 0. The lowest BCUT2D eigenvalue weighted by Gasteiger charge is -2.16. The van der Waals surface area contributed by atoms with Gasteiger partial charge in [-0.15, -0.1) is 0 Å². The lowest BCUT2D eigenvalue weighted by atomic mass is 10.1. The fourth-order valence-corrected chi connectivity index (χ4v) is 3.39. The molecule has 1 fully saturated rings. The molecule has 148 valence electrons. The number of amides is 2. The molecule has 0 aliphatic carbocycles. The molecule has 4 rings (SSSR count). The highest BCUT2D eigenvalue weighted by Gasteiger charge is 2.21. The number of hydrogen-bond acceptors (Lipinski definition) is 5. The standard InChI is InChI=1S/C22H20N2O5/c1-14-11-22(27)29-19-12-17(8-9-18(14)19)28-13-20(25)23-15-4-6-16(7-5-15)24-10-2-3-21(24)26/h4-9,11-12H,2-3,10,13H2,1H3,(H,23,25). The Balaban J connectivity index is 1.37. The summed E-state index contributed by atoms with van der Waals surface area (Å²) in [6.07, 6.45) is 1.44. The summed E-state index contributed by atoms with van der Waals surface area (Å²) in [5.74, 6) is 0.238. The molecule has 2 aromatic carbocycles. The number of hydrogen-bond donors (Lipinski definition) is 1. The summed E-state index contributed by atoms with van der Waals surface area (Å²) in [4.78, 5) is 37.2. The number of carbonyl (C=O) groups is 2. The molecule has 0 spiro atoms. The number of ether oxygens (including phenoxy) is 1. The van der Waals surface area contributed by atoms with Gasteiger partial charge in [-0.2, -0.15) is 0 Å². The Labute approximate surface area is 166 Å². The van der Waals surface area contributed by atoms with Crippen molar-refractivity contribution in [2.24, 2.45) is 0 Å². The van der Waals surface area contributed by atoms with Gasteiger partial charge in [0.25, 0.3) is 5.91 Å². The molecule has 1 N–H and O–H groups in total. The second kappa shape index (κ2) is 7.79. The van der Waals surface area contributed by atoms with Gasteiger partial charge in [-0.1, -0.05) is 0 Å². The van der Waals surface area contributed by atoms with Crippen LogP contribution in [-0.2, 0) is 9.59 Å². The minimum absolute atomic E-state index is 0.122. The predicted molar refractivity (Wildman–Crippen MR) is 109 cm³/mol. The molecule has 3 aromatic rings. The first-order valence-corrected chi connectivity index (χ1v) is 9.37. The maximum absolute atomic E-state index is 12.2. The van der Waals surface area contributed by atoms with Crippen molar-refractivity contribution in [2.75, 3.05) is 23.4 Å². The van der Waals surface area contributed by atoms with Crippen molar-refractivity contribution in [3.05, 3.63) is 64.5 Å². The molecule has 0 saturated carbocycles. The van der Waals surface area contributed by atoms with Crippen LogP contribution >= 0.6 is 0 Å². The molecule has 1 aromatic heterocycles. The minimum atomic E-state index is -0.427. The van der Waals surface area contributed by atoms with Gasteiger partial charge in [0.15, 0.2) is 6.61 Å². The van der Waals surface area contributed by atoms with Crippen molar-refractivity contribution in [1.29, 1.82) is 0 Å². The van der Waals surface area contributed by atoms with Gasteiger partial charge in [0, 0.05) is 41.9 Å². The van der Waals surface area contributed by atoms with E-state index in [1.807, 2.05) is 19.1 Å². The van der Waals surface area contributed by atoms with Crippen LogP contribution in [0.25, 0.3) is 11.0 Å². The van der Waals surface area contributed by atoms with Crippen LogP contribution in [-0.4, -0.2) is 25.0 Å². The van der Waals surface area contributed by atoms with E-state index in [1.54, 1.807) is 35.2 Å². The van der Waals surface area contributed by atoms with Gasteiger partial charge in [-0.25, -0.2) is 4.79 Å². The van der Waals surface area contributed by atoms with Gasteiger partial charge in [-0.05, 0) is 55.3 Å². The lowest BCUT2D eigenvalue weighted by molar-refractivity contribution is -0.118. The molecule has 0 unspecified atom stereocenters. The largest absolute Gasteiger partial charge is 0.484 e. The second-order valence-electron chi connectivity index (χ2n) is 6.94. The molecule has 2 amide bonds. The first kappa shape index (κ1) is 18.7. The van der Waals surface area contributed by atoms with E-state index in [1.165, 1.54) is 6.07 Å². The van der Waals surface area contributed by atoms with Crippen LogP contribution in [0.15, 0.2) is 57.7 Å². The predicted octanol–water partition coefficient (Wildman–Crippen LogP) is 3.25. The van der Waals surface area contributed by atoms with E-state index < -0.39 is 5.63 Å². The molecule has 7 nitrogen and oxygen atoms in total. The molecule has 29 heavy (non-hydrogen) atoms. The average molecular weight is 392 g/mol. The topological polar surface area (TPSA) is 88.8 Å². The summed E-state index contributed by atoms with van der Waals surface area (Å²) in [6.45, 7) is 2.37. The SMILES string of the molecule is Cc1cc(=O)oc2cc(OCC(=O)Nc3ccc(N4CCCC4=O)cc3)ccc12. The Morgan fingerprint density at radius 3 is 2.66 bits per heavy atom. The quantitative estimate of drug-likeness (QED) is 0.674. The van der Waals surface area contributed by atoms with Crippen LogP contribution in [0, 0.1) is 6.92 Å². The average Bonchev–Trinajstić information content (AvgIpc) is 3.12. The first-order chi connectivity index (χ1) is 14.0. The number of fused-ring (bicyclic) bond motifs is 1. The maximum atomic E-state index is 12.2. The number of carbonyl (C=O) groups excluding carboxylic acids is 2. The molecule has 0 bridgehead atoms. The summed E-state index contributed by atoms with van der Waals surface area (Å²) in [5, 5.41) is 3.57. The summed E-state index contributed by atoms with van der Waals surface area (Å²) < 4.78 is 10.7. The molecule has 0 radical (unpaired) electrons. The Morgan fingerprint density at radius 1 is 1.14 bits per heavy atom. The van der Waals surface area contributed by atoms with Crippen LogP contribution in [0.4, 0.5) is 11.4 Å². The van der Waals surface area contributed by atoms with Crippen molar-refractivity contribution in [2.45, 2.75) is 19.8 Å². The zero-order valence-electron chi connectivity index (χ0n) is 15.9. The minimum Gasteiger partial charge on any atom is -0.484 e. The van der Waals surface area contributed by atoms with Crippen molar-refractivity contribution in [3.63, 3.8) is 0 Å². The number of nitrogens with one attached hydrogen (secondary N) is 1. The van der Waals surface area contributed by atoms with Gasteiger partial charge in [0.1, 0.15) is 11.3 Å². The Kier molecular flexibility index (Phi) is 5.03. The second-order valence-corrected chi connectivity index (χ2v) is 6.94. The van der Waals surface area contributed by atoms with Gasteiger partial charge in [0.05, 0.1) is 0 Å². The van der Waals surface area contributed by atoms with Gasteiger partial charge in [-0.3, -0.25) is 9.59 Å². The Bertz CT molecular complexity index is 1130. The zero-order chi connectivity index (χ0) is 20.4. The van der Waals surface area contributed by atoms with Gasteiger partial charge >= 0.3 is 5.63 Å². The van der Waals surface area contributed by atoms with Gasteiger partial charge < -0.3 is 19.4 Å². The number of aryl methyl sites for hydroxylation is 1. The third-order valence-electron chi connectivity index (χ3n) is 4.83. The van der Waals surface area contributed by atoms with E-state index in [4.69, 9.17) is 9.15 Å². The summed E-state index contributed by atoms with van der Waals surface area (Å²) in [5.41, 5.74) is 2.26. The fourth-order valence-electron chi connectivity index (χ4n) is 3.39. The number of anilines is 2. The monoisotopic (exact) mass is 392 g/mol. The Morgan fingerprint density at radius 2 is 1.93 bits per heavy atom. The third kappa shape index (κ3) is 4.13. The summed E-state index contributed by atoms with van der Waals surface area (Å²) in [7, 11) is 0. The molecular formula is C22H20N2O5. The zero-order valence-corrected chi connectivity index (χ0v) is 15.9. The molecule has 0 atom stereocenters. The van der Waals surface area contributed by atoms with Crippen molar-refractivity contribution >= 4 is 34.2 Å². The van der Waals surface area contributed by atoms with E-state index >= 15 is 0 Å². The van der Waals surface area contributed by atoms with E-state index in [0.29, 0.717) is 23.4 Å². The molecule has 1 saturated heterocycles. The maximum Gasteiger partial charge on any atom is 0.336 e. The molecule has 7 heteroatoms. The van der Waals surface area contributed by atoms with E-state index in [2.05, 4.69) is 5.32 Å². The van der Waals surface area contributed by atoms with Gasteiger partial charge in [0.2, 0.25) is 5.91 Å². The normalized spacial score (nSPS) is 13.7. The number of nitrogens with zero attached hydrogens (tertiary/aromatic N) is 1. The smallest absolute Gasteiger partial charge is 0.336 e. The third-order valence-corrected chi connectivity index (χ3v) is 4.83. The van der Waals surface area contributed by atoms with E-state index in [0.717, 1.165) is 29.6 Å². The molecular weight excluding hydrogens is 372 g/mol. The highest BCUT2D eigenvalue weighted by molar-refractivity contribution is 5.96. The van der Waals surface area contributed by atoms with Crippen LogP contribution in [0.3, 0.4) is 0 Å². The van der Waals surface area contributed by atoms with E-state index in [9.17, 15) is 14.4 Å². The Hall–Kier alpha value is -3.61. The molecule has 1 aliphatic rings. The van der Waals surface area contributed by atoms with Crippen LogP contribution in [0.2, 0.25) is 0 Å². The number of rotatable bonds is 5. The highest BCUT2D eigenvalue weighted by Crippen LogP contribution is 2.24. The van der Waals surface area contributed by atoms with Crippen molar-refractivity contribution in [3.8, 4) is 5.75 Å². The first-order valence-electron chi connectivity index (χ1n) is 9.37. The lowest BCUT2D eigenvalue weighted by Crippen LogP contribution is -2.23. The summed E-state index contributed by atoms with van der Waals surface area (Å²) in [6, 6.07) is 13.7. The van der Waals surface area contributed by atoms with Crippen LogP contribution in [0.1, 0.15) is 18.4 Å². The van der Waals surface area contributed by atoms with Crippen molar-refractivity contribution in [1.82, 2.24) is 0 Å². The molecule has 2 heterocycles. The number of benzene rings is 2. The van der Waals surface area contributed by atoms with Crippen LogP contribution < -0.4 is 20.6 Å².